The number of hydrogen-bond donors (Lipinski definition) is 0. The van der Waals surface area contributed by atoms with Crippen LogP contribution in [0.5, 0.6) is 0 Å². The van der Waals surface area contributed by atoms with Crippen molar-refractivity contribution in [3.05, 3.63) is 0 Å². The van der Waals surface area contributed by atoms with Crippen molar-refractivity contribution in [3.63, 3.8) is 0 Å². The van der Waals surface area contributed by atoms with Crippen LogP contribution < -0.4 is 0 Å². The lowest BCUT2D eigenvalue weighted by atomic mass is 9.62. The van der Waals surface area contributed by atoms with Gasteiger partial charge in [-0.25, -0.2) is 0 Å². The fraction of sp³-hybridized carbons (Fsp3) is 1.00. The Morgan fingerprint density at radius 3 is 2.10 bits per heavy atom. The van der Waals surface area contributed by atoms with Gasteiger partial charge in [0.05, 0.1) is 0 Å². The van der Waals surface area contributed by atoms with E-state index in [0.717, 1.165) is 11.7 Å². The number of hydrogen-bond acceptors (Lipinski definition) is 0. The Hall–Kier alpha value is 0.0649. The van der Waals surface area contributed by atoms with E-state index in [4.69, 9.17) is 0 Å². The molecule has 0 fully saturated rings. The minimum Gasteiger partial charge on any atom is -0.0917 e. The Morgan fingerprint density at radius 2 is 1.80 bits per heavy atom. The summed E-state index contributed by atoms with van der Waals surface area (Å²) in [6, 6.07) is 0. The summed E-state index contributed by atoms with van der Waals surface area (Å²) in [7, 11) is 2.34. The zero-order chi connectivity index (χ0) is 7.98. The zero-order valence-corrected chi connectivity index (χ0v) is 7.85. The fourth-order valence-electron chi connectivity index (χ4n) is 1.22. The van der Waals surface area contributed by atoms with Gasteiger partial charge in [-0.3, -0.25) is 0 Å². The monoisotopic (exact) mass is 139 g/mol. The molecule has 2 atom stereocenters. The zero-order valence-electron chi connectivity index (χ0n) is 7.85. The molecule has 59 valence electrons. The molecule has 0 aromatic carbocycles. The van der Waals surface area contributed by atoms with Gasteiger partial charge in [0.2, 0.25) is 0 Å². The maximum absolute atomic E-state index is 2.34. The van der Waals surface area contributed by atoms with Crippen LogP contribution in [0.25, 0.3) is 0 Å². The first-order chi connectivity index (χ1) is 4.74. The van der Waals surface area contributed by atoms with E-state index >= 15 is 0 Å². The highest BCUT2D eigenvalue weighted by atomic mass is 14.1. The summed E-state index contributed by atoms with van der Waals surface area (Å²) in [6.45, 7) is 9.06. The molecule has 10 heavy (non-hydrogen) atoms. The van der Waals surface area contributed by atoms with E-state index < -0.39 is 0 Å². The van der Waals surface area contributed by atoms with Crippen molar-refractivity contribution in [1.82, 2.24) is 0 Å². The first-order valence-corrected chi connectivity index (χ1v) is 4.54. The van der Waals surface area contributed by atoms with Crippen LogP contribution in [0.3, 0.4) is 0 Å². The fourth-order valence-corrected chi connectivity index (χ4v) is 1.22. The van der Waals surface area contributed by atoms with Crippen LogP contribution >= 0.6 is 0 Å². The molecule has 2 unspecified atom stereocenters. The third-order valence-electron chi connectivity index (χ3n) is 2.40. The standard InChI is InChI=1S/C9H20B/c1-5-8(3)7-9(6-2)10-4/h8-9H,5-7H2,1-4H3. The molecular weight excluding hydrogens is 119 g/mol. The minimum absolute atomic E-state index is 0.856. The molecule has 0 nitrogen and oxygen atoms in total. The lowest BCUT2D eigenvalue weighted by Gasteiger charge is -2.15. The first kappa shape index (κ1) is 10.1. The molecule has 0 N–H and O–H groups in total. The number of rotatable bonds is 5. The van der Waals surface area contributed by atoms with Gasteiger partial charge in [-0.15, -0.1) is 0 Å². The van der Waals surface area contributed by atoms with Crippen molar-refractivity contribution in [2.75, 3.05) is 0 Å². The molecule has 0 bridgehead atoms. The molecule has 0 spiro atoms. The summed E-state index contributed by atoms with van der Waals surface area (Å²) in [5.74, 6) is 1.76. The molecule has 0 saturated carbocycles. The normalized spacial score (nSPS) is 16.4. The SMILES string of the molecule is C[B]C(CC)CC(C)CC. The smallest absolute Gasteiger partial charge is 0.0917 e. The summed E-state index contributed by atoms with van der Waals surface area (Å²) in [5, 5.41) is 0. The van der Waals surface area contributed by atoms with Crippen LogP contribution in [0.4, 0.5) is 0 Å². The minimum atomic E-state index is 0.856. The van der Waals surface area contributed by atoms with Gasteiger partial charge in [0.25, 0.3) is 0 Å². The lowest BCUT2D eigenvalue weighted by molar-refractivity contribution is 0.490. The second-order valence-electron chi connectivity index (χ2n) is 3.25. The Bertz CT molecular complexity index is 67.1. The van der Waals surface area contributed by atoms with E-state index in [1.54, 1.807) is 0 Å². The molecule has 0 saturated heterocycles. The summed E-state index contributed by atoms with van der Waals surface area (Å²) in [4.78, 5) is 0. The quantitative estimate of drug-likeness (QED) is 0.512. The first-order valence-electron chi connectivity index (χ1n) is 4.54. The van der Waals surface area contributed by atoms with Crippen LogP contribution in [-0.4, -0.2) is 7.28 Å². The van der Waals surface area contributed by atoms with Crippen molar-refractivity contribution in [2.45, 2.75) is 52.7 Å². The van der Waals surface area contributed by atoms with Crippen molar-refractivity contribution in [3.8, 4) is 0 Å². The molecule has 1 heteroatoms. The van der Waals surface area contributed by atoms with E-state index in [1.807, 2.05) is 0 Å². The van der Waals surface area contributed by atoms with Gasteiger partial charge in [0.15, 0.2) is 0 Å². The maximum atomic E-state index is 2.34. The molecule has 0 aromatic heterocycles. The molecule has 0 rings (SSSR count). The van der Waals surface area contributed by atoms with Crippen molar-refractivity contribution >= 4 is 7.28 Å². The molecule has 0 aromatic rings. The Kier molecular flexibility index (Phi) is 5.86. The van der Waals surface area contributed by atoms with Gasteiger partial charge in [0.1, 0.15) is 7.28 Å². The van der Waals surface area contributed by atoms with Crippen LogP contribution in [0.15, 0.2) is 0 Å². The van der Waals surface area contributed by atoms with Crippen molar-refractivity contribution in [2.24, 2.45) is 5.92 Å². The van der Waals surface area contributed by atoms with Crippen molar-refractivity contribution in [1.29, 1.82) is 0 Å². The Balaban J connectivity index is 3.41. The van der Waals surface area contributed by atoms with Gasteiger partial charge < -0.3 is 0 Å². The van der Waals surface area contributed by atoms with Crippen LogP contribution in [0.1, 0.15) is 40.0 Å². The molecule has 0 heterocycles. The van der Waals surface area contributed by atoms with Gasteiger partial charge in [-0.1, -0.05) is 52.7 Å². The third kappa shape index (κ3) is 3.97. The highest BCUT2D eigenvalue weighted by Crippen LogP contribution is 2.21. The Morgan fingerprint density at radius 1 is 1.20 bits per heavy atom. The molecule has 1 radical (unpaired) electrons. The summed E-state index contributed by atoms with van der Waals surface area (Å²) < 4.78 is 0. The average Bonchev–Trinajstić information content (AvgIpc) is 1.99. The second kappa shape index (κ2) is 5.82. The molecule has 0 aliphatic carbocycles. The van der Waals surface area contributed by atoms with E-state index in [9.17, 15) is 0 Å². The molecule has 0 aliphatic rings. The summed E-state index contributed by atoms with van der Waals surface area (Å²) in [6.07, 6.45) is 4.01. The third-order valence-corrected chi connectivity index (χ3v) is 2.40. The van der Waals surface area contributed by atoms with Crippen LogP contribution in [0.2, 0.25) is 12.6 Å². The van der Waals surface area contributed by atoms with Crippen LogP contribution in [-0.2, 0) is 0 Å². The Labute approximate surface area is 66.6 Å². The largest absolute Gasteiger partial charge is 0.110 e. The predicted octanol–water partition coefficient (Wildman–Crippen LogP) is 3.37. The molecule has 0 aliphatic heterocycles. The van der Waals surface area contributed by atoms with Gasteiger partial charge in [0, 0.05) is 0 Å². The van der Waals surface area contributed by atoms with Gasteiger partial charge >= 0.3 is 0 Å². The van der Waals surface area contributed by atoms with Crippen molar-refractivity contribution < 1.29 is 0 Å². The summed E-state index contributed by atoms with van der Waals surface area (Å²) >= 11 is 0. The predicted molar refractivity (Wildman–Crippen MR) is 49.7 cm³/mol. The topological polar surface area (TPSA) is 0 Å². The van der Waals surface area contributed by atoms with E-state index in [1.165, 1.54) is 19.3 Å². The van der Waals surface area contributed by atoms with Crippen LogP contribution in [0, 0.1) is 5.92 Å². The second-order valence-corrected chi connectivity index (χ2v) is 3.25. The van der Waals surface area contributed by atoms with Gasteiger partial charge in [-0.2, -0.15) is 0 Å². The molecule has 0 amide bonds. The molecular formula is C9H20B. The van der Waals surface area contributed by atoms with E-state index in [0.29, 0.717) is 0 Å². The summed E-state index contributed by atoms with van der Waals surface area (Å²) in [5.41, 5.74) is 0. The maximum Gasteiger partial charge on any atom is 0.110 e. The highest BCUT2D eigenvalue weighted by Gasteiger charge is 2.07. The van der Waals surface area contributed by atoms with E-state index in [2.05, 4.69) is 34.9 Å². The highest BCUT2D eigenvalue weighted by molar-refractivity contribution is 6.35. The van der Waals surface area contributed by atoms with Gasteiger partial charge in [-0.05, 0) is 5.92 Å². The lowest BCUT2D eigenvalue weighted by Crippen LogP contribution is -2.04. The average molecular weight is 139 g/mol. The van der Waals surface area contributed by atoms with E-state index in [-0.39, 0.29) is 0 Å².